The highest BCUT2D eigenvalue weighted by atomic mass is 79.9. The number of aryl methyl sites for hydroxylation is 2. The van der Waals surface area contributed by atoms with Gasteiger partial charge in [-0.2, -0.15) is 0 Å². The van der Waals surface area contributed by atoms with Crippen LogP contribution in [0.4, 0.5) is 0 Å². The van der Waals surface area contributed by atoms with Gasteiger partial charge in [-0.25, -0.2) is 19.7 Å². The molecule has 0 bridgehead atoms. The van der Waals surface area contributed by atoms with Crippen molar-refractivity contribution in [3.8, 4) is 11.5 Å². The van der Waals surface area contributed by atoms with Crippen LogP contribution in [0.25, 0.3) is 39.5 Å². The number of carboxylic acid groups (broad SMARTS) is 1. The van der Waals surface area contributed by atoms with Gasteiger partial charge in [0.05, 0.1) is 26.7 Å². The molecule has 224 valence electrons. The molecule has 7 rings (SSSR count). The summed E-state index contributed by atoms with van der Waals surface area (Å²) in [6, 6.07) is 11.7. The predicted octanol–water partition coefficient (Wildman–Crippen LogP) is 6.85. The summed E-state index contributed by atoms with van der Waals surface area (Å²) in [5.74, 6) is 0.819. The molecule has 2 saturated carbocycles. The monoisotopic (exact) mass is 652 g/mol. The number of rotatable bonds is 7. The Morgan fingerprint density at radius 3 is 2.43 bits per heavy atom. The van der Waals surface area contributed by atoms with Gasteiger partial charge in [-0.15, -0.1) is 0 Å². The summed E-state index contributed by atoms with van der Waals surface area (Å²) in [5, 5.41) is 13.5. The fourth-order valence-corrected chi connectivity index (χ4v) is 7.27. The second kappa shape index (κ2) is 11.0. The maximum absolute atomic E-state index is 13.9. The van der Waals surface area contributed by atoms with Gasteiger partial charge in [-0.05, 0) is 95.4 Å². The maximum atomic E-state index is 13.9. The van der Waals surface area contributed by atoms with Crippen LogP contribution in [0.5, 0.6) is 0 Å². The predicted molar refractivity (Wildman–Crippen MR) is 173 cm³/mol. The number of aromatic nitrogens is 5. The summed E-state index contributed by atoms with van der Waals surface area (Å²) < 4.78 is 5.00. The first-order valence-electron chi connectivity index (χ1n) is 15.0. The Morgan fingerprint density at radius 1 is 1.00 bits per heavy atom. The summed E-state index contributed by atoms with van der Waals surface area (Å²) in [5.41, 5.74) is 5.80. The number of nitrogens with zero attached hydrogens (tertiary/aromatic N) is 5. The van der Waals surface area contributed by atoms with Gasteiger partial charge >= 0.3 is 5.97 Å². The number of aliphatic carboxylic acids is 1. The van der Waals surface area contributed by atoms with Crippen molar-refractivity contribution in [2.45, 2.75) is 56.4 Å². The lowest BCUT2D eigenvalue weighted by Crippen LogP contribution is -2.52. The number of hydrogen-bond donors (Lipinski definition) is 2. The van der Waals surface area contributed by atoms with E-state index in [0.29, 0.717) is 17.3 Å². The molecule has 0 radical (unpaired) electrons. The zero-order valence-corrected chi connectivity index (χ0v) is 26.3. The van der Waals surface area contributed by atoms with Crippen LogP contribution in [0, 0.1) is 0 Å². The first-order valence-corrected chi connectivity index (χ1v) is 15.8. The summed E-state index contributed by atoms with van der Waals surface area (Å²) in [6.07, 6.45) is 13.6. The minimum Gasteiger partial charge on any atom is -0.478 e. The van der Waals surface area contributed by atoms with Crippen LogP contribution in [0.15, 0.2) is 59.3 Å². The van der Waals surface area contributed by atoms with Crippen molar-refractivity contribution in [3.63, 3.8) is 0 Å². The van der Waals surface area contributed by atoms with Crippen molar-refractivity contribution < 1.29 is 14.7 Å². The van der Waals surface area contributed by atoms with Gasteiger partial charge < -0.3 is 19.6 Å². The molecule has 2 aromatic carbocycles. The van der Waals surface area contributed by atoms with Crippen LogP contribution in [-0.2, 0) is 24.4 Å². The van der Waals surface area contributed by atoms with E-state index in [1.807, 2.05) is 49.0 Å². The van der Waals surface area contributed by atoms with E-state index in [0.717, 1.165) is 81.7 Å². The van der Waals surface area contributed by atoms with Crippen molar-refractivity contribution in [2.24, 2.45) is 14.1 Å². The highest BCUT2D eigenvalue weighted by Crippen LogP contribution is 2.45. The lowest BCUT2D eigenvalue weighted by molar-refractivity contribution is -0.131. The van der Waals surface area contributed by atoms with Gasteiger partial charge in [-0.3, -0.25) is 4.79 Å². The standard InChI is InChI=1S/C34H33BrN6O3/c1-40-26-17-22(10-11-24(26)29(21-6-3-4-7-21)30(40)31-36-18-23(35)19-37-31)32(44)39-34(14-5-15-34)33-38-25-12-8-20(9-13-28(42)43)16-27(25)41(33)2/h8-13,16-19,21H,3-7,14-15H2,1-2H3,(H,39,44)(H,42,43)/b13-9+. The third-order valence-electron chi connectivity index (χ3n) is 9.41. The van der Waals surface area contributed by atoms with E-state index >= 15 is 0 Å². The average molecular weight is 654 g/mol. The number of fused-ring (bicyclic) bond motifs is 2. The second-order valence-electron chi connectivity index (χ2n) is 12.1. The Morgan fingerprint density at radius 2 is 1.75 bits per heavy atom. The summed E-state index contributed by atoms with van der Waals surface area (Å²) >= 11 is 3.46. The number of hydrogen-bond acceptors (Lipinski definition) is 5. The maximum Gasteiger partial charge on any atom is 0.328 e. The van der Waals surface area contributed by atoms with Crippen LogP contribution in [0.1, 0.15) is 78.2 Å². The number of carbonyl (C=O) groups is 2. The number of carboxylic acids is 1. The molecule has 0 saturated heterocycles. The fraction of sp³-hybridized carbons (Fsp3) is 0.324. The molecule has 0 atom stereocenters. The molecule has 44 heavy (non-hydrogen) atoms. The molecule has 3 aromatic heterocycles. The van der Waals surface area contributed by atoms with Crippen molar-refractivity contribution in [2.75, 3.05) is 0 Å². The lowest BCUT2D eigenvalue weighted by atomic mass is 9.75. The molecule has 0 aliphatic heterocycles. The van der Waals surface area contributed by atoms with E-state index in [1.165, 1.54) is 18.4 Å². The molecule has 5 aromatic rings. The van der Waals surface area contributed by atoms with Gasteiger partial charge in [0.2, 0.25) is 0 Å². The normalized spacial score (nSPS) is 16.6. The molecule has 3 heterocycles. The van der Waals surface area contributed by atoms with Gasteiger partial charge in [0.25, 0.3) is 5.91 Å². The number of halogens is 1. The van der Waals surface area contributed by atoms with Crippen molar-refractivity contribution in [1.82, 2.24) is 29.4 Å². The molecule has 1 amide bonds. The van der Waals surface area contributed by atoms with Crippen LogP contribution < -0.4 is 5.32 Å². The molecule has 0 unspecified atom stereocenters. The Balaban J connectivity index is 1.24. The molecular formula is C34H33BrN6O3. The molecule has 10 heteroatoms. The molecule has 2 aliphatic rings. The summed E-state index contributed by atoms with van der Waals surface area (Å²) in [7, 11) is 3.99. The van der Waals surface area contributed by atoms with Gasteiger partial charge in [0.15, 0.2) is 5.82 Å². The van der Waals surface area contributed by atoms with Crippen molar-refractivity contribution in [1.29, 1.82) is 0 Å². The summed E-state index contributed by atoms with van der Waals surface area (Å²) in [4.78, 5) is 39.1. The topological polar surface area (TPSA) is 115 Å². The number of carbonyl (C=O) groups excluding carboxylic acids is 1. The van der Waals surface area contributed by atoms with E-state index in [9.17, 15) is 9.59 Å². The first kappa shape index (κ1) is 28.5. The number of imidazole rings is 1. The highest BCUT2D eigenvalue weighted by Gasteiger charge is 2.44. The second-order valence-corrected chi connectivity index (χ2v) is 13.0. The Labute approximate surface area is 263 Å². The van der Waals surface area contributed by atoms with Gasteiger partial charge in [-0.1, -0.05) is 25.0 Å². The van der Waals surface area contributed by atoms with Gasteiger partial charge in [0.1, 0.15) is 5.82 Å². The van der Waals surface area contributed by atoms with E-state index in [-0.39, 0.29) is 5.91 Å². The van der Waals surface area contributed by atoms with E-state index in [2.05, 4.69) is 41.8 Å². The lowest BCUT2D eigenvalue weighted by Gasteiger charge is -2.41. The van der Waals surface area contributed by atoms with Crippen molar-refractivity contribution >= 4 is 55.8 Å². The first-order chi connectivity index (χ1) is 21.2. The molecule has 2 N–H and O–H groups in total. The molecule has 2 aliphatic carbocycles. The third-order valence-corrected chi connectivity index (χ3v) is 9.82. The highest BCUT2D eigenvalue weighted by molar-refractivity contribution is 9.10. The average Bonchev–Trinajstić information content (AvgIpc) is 3.71. The largest absolute Gasteiger partial charge is 0.478 e. The quantitative estimate of drug-likeness (QED) is 0.186. The van der Waals surface area contributed by atoms with E-state index in [4.69, 9.17) is 10.1 Å². The number of nitrogens with one attached hydrogen (secondary N) is 1. The minimum atomic E-state index is -0.993. The fourth-order valence-electron chi connectivity index (χ4n) is 7.07. The summed E-state index contributed by atoms with van der Waals surface area (Å²) in [6.45, 7) is 0. The zero-order valence-electron chi connectivity index (χ0n) is 24.7. The van der Waals surface area contributed by atoms with Crippen LogP contribution in [-0.4, -0.2) is 41.1 Å². The SMILES string of the molecule is Cn1c(C2(NC(=O)c3ccc4c(C5CCCC5)c(-c5ncc(Br)cn5)n(C)c4c3)CCC2)nc2ccc(/C=C/C(=O)O)cc21. The molecule has 9 nitrogen and oxygen atoms in total. The Kier molecular flexibility index (Phi) is 7.11. The smallest absolute Gasteiger partial charge is 0.328 e. The third kappa shape index (κ3) is 4.81. The van der Waals surface area contributed by atoms with Crippen LogP contribution >= 0.6 is 15.9 Å². The van der Waals surface area contributed by atoms with Crippen LogP contribution in [0.3, 0.4) is 0 Å². The van der Waals surface area contributed by atoms with E-state index in [1.54, 1.807) is 18.5 Å². The van der Waals surface area contributed by atoms with Crippen molar-refractivity contribution in [3.05, 3.63) is 81.9 Å². The number of amides is 1. The molecule has 2 fully saturated rings. The zero-order chi connectivity index (χ0) is 30.6. The van der Waals surface area contributed by atoms with Crippen LogP contribution in [0.2, 0.25) is 0 Å². The molecular weight excluding hydrogens is 620 g/mol. The Bertz CT molecular complexity index is 1960. The van der Waals surface area contributed by atoms with E-state index < -0.39 is 11.5 Å². The molecule has 0 spiro atoms. The minimum absolute atomic E-state index is 0.131. The van der Waals surface area contributed by atoms with Gasteiger partial charge in [0, 0.05) is 49.0 Å². The number of benzene rings is 2. The Hall–Kier alpha value is -4.31.